The van der Waals surface area contributed by atoms with Gasteiger partial charge in [0.2, 0.25) is 0 Å². The molecule has 0 radical (unpaired) electrons. The van der Waals surface area contributed by atoms with Gasteiger partial charge < -0.3 is 9.77 Å². The Morgan fingerprint density at radius 2 is 2.07 bits per heavy atom. The van der Waals surface area contributed by atoms with Crippen LogP contribution in [0.5, 0.6) is 0 Å². The van der Waals surface area contributed by atoms with E-state index in [1.54, 1.807) is 12.5 Å². The van der Waals surface area contributed by atoms with Crippen molar-refractivity contribution in [2.45, 2.75) is 6.54 Å². The van der Waals surface area contributed by atoms with Crippen LogP contribution in [0.15, 0.2) is 43.0 Å². The van der Waals surface area contributed by atoms with Crippen LogP contribution in [0.4, 0.5) is 0 Å². The number of imidazole rings is 1. The van der Waals surface area contributed by atoms with E-state index in [1.807, 2.05) is 35.0 Å². The Hall–Kier alpha value is -1.65. The van der Waals surface area contributed by atoms with Gasteiger partial charge in [0.05, 0.1) is 6.33 Å². The van der Waals surface area contributed by atoms with Gasteiger partial charge in [-0.1, -0.05) is 12.1 Å². The fraction of sp³-hybridized carbons (Fsp3) is 0.100. The van der Waals surface area contributed by atoms with Crippen LogP contribution in [-0.4, -0.2) is 14.8 Å². The third kappa shape index (κ3) is 1.81. The molecule has 2 N–H and O–H groups in total. The summed E-state index contributed by atoms with van der Waals surface area (Å²) in [6, 6.07) is 7.87. The Kier molecular flexibility index (Phi) is 2.58. The Morgan fingerprint density at radius 3 is 2.64 bits per heavy atom. The molecule has 0 fully saturated rings. The third-order valence-electron chi connectivity index (χ3n) is 2.02. The SMILES string of the molecule is ONCc1ccc(-n2ccnc2)cc1. The second kappa shape index (κ2) is 4.04. The Bertz CT molecular complexity index is 380. The van der Waals surface area contributed by atoms with E-state index in [9.17, 15) is 0 Å². The van der Waals surface area contributed by atoms with Crippen molar-refractivity contribution in [2.24, 2.45) is 0 Å². The van der Waals surface area contributed by atoms with Gasteiger partial charge >= 0.3 is 0 Å². The highest BCUT2D eigenvalue weighted by Gasteiger charge is 1.95. The van der Waals surface area contributed by atoms with Crippen LogP contribution in [0.25, 0.3) is 5.69 Å². The second-order valence-corrected chi connectivity index (χ2v) is 2.97. The summed E-state index contributed by atoms with van der Waals surface area (Å²) >= 11 is 0. The molecule has 1 aromatic heterocycles. The van der Waals surface area contributed by atoms with Crippen molar-refractivity contribution in [3.63, 3.8) is 0 Å². The normalized spacial score (nSPS) is 10.4. The summed E-state index contributed by atoms with van der Waals surface area (Å²) < 4.78 is 1.93. The number of hydrogen-bond acceptors (Lipinski definition) is 3. The van der Waals surface area contributed by atoms with Gasteiger partial charge in [-0.05, 0) is 17.7 Å². The van der Waals surface area contributed by atoms with Crippen LogP contribution in [0.3, 0.4) is 0 Å². The summed E-state index contributed by atoms with van der Waals surface area (Å²) in [6.45, 7) is 0.463. The van der Waals surface area contributed by atoms with Gasteiger partial charge in [0.15, 0.2) is 0 Å². The molecule has 0 atom stereocenters. The molecule has 0 aliphatic carbocycles. The van der Waals surface area contributed by atoms with Crippen molar-refractivity contribution in [1.29, 1.82) is 0 Å². The van der Waals surface area contributed by atoms with Crippen LogP contribution in [-0.2, 0) is 6.54 Å². The molecule has 4 nitrogen and oxygen atoms in total. The zero-order chi connectivity index (χ0) is 9.80. The monoisotopic (exact) mass is 189 g/mol. The molecule has 2 rings (SSSR count). The van der Waals surface area contributed by atoms with E-state index < -0.39 is 0 Å². The molecule has 14 heavy (non-hydrogen) atoms. The first-order valence-electron chi connectivity index (χ1n) is 4.34. The van der Waals surface area contributed by atoms with Gasteiger partial charge in [-0.2, -0.15) is 0 Å². The largest absolute Gasteiger partial charge is 0.316 e. The van der Waals surface area contributed by atoms with Crippen LogP contribution >= 0.6 is 0 Å². The minimum absolute atomic E-state index is 0.463. The lowest BCUT2D eigenvalue weighted by Gasteiger charge is -2.03. The van der Waals surface area contributed by atoms with Crippen molar-refractivity contribution in [3.05, 3.63) is 48.5 Å². The fourth-order valence-corrected chi connectivity index (χ4v) is 1.29. The summed E-state index contributed by atoms with van der Waals surface area (Å²) in [5, 5.41) is 8.51. The third-order valence-corrected chi connectivity index (χ3v) is 2.02. The smallest absolute Gasteiger partial charge is 0.0991 e. The van der Waals surface area contributed by atoms with Gasteiger partial charge in [0.25, 0.3) is 0 Å². The maximum atomic E-state index is 8.51. The van der Waals surface area contributed by atoms with Crippen molar-refractivity contribution in [3.8, 4) is 5.69 Å². The van der Waals surface area contributed by atoms with Gasteiger partial charge in [-0.15, -0.1) is 0 Å². The average Bonchev–Trinajstić information content (AvgIpc) is 2.72. The molecule has 0 amide bonds. The lowest BCUT2D eigenvalue weighted by molar-refractivity contribution is 0.161. The highest BCUT2D eigenvalue weighted by Crippen LogP contribution is 2.08. The summed E-state index contributed by atoms with van der Waals surface area (Å²) in [5.41, 5.74) is 4.22. The van der Waals surface area contributed by atoms with Gasteiger partial charge in [-0.3, -0.25) is 0 Å². The van der Waals surface area contributed by atoms with E-state index in [1.165, 1.54) is 0 Å². The molecular formula is C10H11N3O. The van der Waals surface area contributed by atoms with Crippen molar-refractivity contribution in [1.82, 2.24) is 15.0 Å². The minimum atomic E-state index is 0.463. The lowest BCUT2D eigenvalue weighted by atomic mass is 10.2. The van der Waals surface area contributed by atoms with E-state index in [0.717, 1.165) is 11.3 Å². The van der Waals surface area contributed by atoms with Crippen molar-refractivity contribution >= 4 is 0 Å². The number of aromatic nitrogens is 2. The first kappa shape index (κ1) is 8.93. The molecule has 2 aromatic rings. The standard InChI is InChI=1S/C10H11N3O/c14-12-7-9-1-3-10(4-2-9)13-6-5-11-8-13/h1-6,8,12,14H,7H2. The molecule has 0 aliphatic heterocycles. The predicted molar refractivity (Wildman–Crippen MR) is 52.2 cm³/mol. The first-order chi connectivity index (χ1) is 6.90. The summed E-state index contributed by atoms with van der Waals surface area (Å²) in [5.74, 6) is 0. The lowest BCUT2D eigenvalue weighted by Crippen LogP contribution is -2.05. The molecule has 4 heteroatoms. The average molecular weight is 189 g/mol. The van der Waals surface area contributed by atoms with E-state index in [4.69, 9.17) is 5.21 Å². The van der Waals surface area contributed by atoms with Gasteiger partial charge in [0.1, 0.15) is 0 Å². The van der Waals surface area contributed by atoms with E-state index >= 15 is 0 Å². The molecule has 0 saturated heterocycles. The van der Waals surface area contributed by atoms with E-state index in [0.29, 0.717) is 6.54 Å². The number of hydroxylamine groups is 1. The maximum absolute atomic E-state index is 8.51. The van der Waals surface area contributed by atoms with Crippen LogP contribution < -0.4 is 5.48 Å². The highest BCUT2D eigenvalue weighted by atomic mass is 16.5. The molecule has 0 aliphatic rings. The number of rotatable bonds is 3. The van der Waals surface area contributed by atoms with E-state index in [-0.39, 0.29) is 0 Å². The summed E-state index contributed by atoms with van der Waals surface area (Å²) in [6.07, 6.45) is 5.38. The second-order valence-electron chi connectivity index (χ2n) is 2.97. The maximum Gasteiger partial charge on any atom is 0.0991 e. The van der Waals surface area contributed by atoms with Crippen LogP contribution in [0, 0.1) is 0 Å². The van der Waals surface area contributed by atoms with Crippen LogP contribution in [0.1, 0.15) is 5.56 Å². The molecule has 72 valence electrons. The fourth-order valence-electron chi connectivity index (χ4n) is 1.29. The molecule has 0 bridgehead atoms. The number of benzene rings is 1. The molecule has 1 aromatic carbocycles. The van der Waals surface area contributed by atoms with Gasteiger partial charge in [0, 0.05) is 24.6 Å². The Balaban J connectivity index is 2.22. The molecule has 0 spiro atoms. The number of hydrogen-bond donors (Lipinski definition) is 2. The molecule has 0 unspecified atom stereocenters. The quantitative estimate of drug-likeness (QED) is 0.716. The molecular weight excluding hydrogens is 178 g/mol. The van der Waals surface area contributed by atoms with Crippen molar-refractivity contribution < 1.29 is 5.21 Å². The number of nitrogens with one attached hydrogen (secondary N) is 1. The first-order valence-corrected chi connectivity index (χ1v) is 4.34. The van der Waals surface area contributed by atoms with Crippen molar-refractivity contribution in [2.75, 3.05) is 0 Å². The molecule has 1 heterocycles. The number of nitrogens with zero attached hydrogens (tertiary/aromatic N) is 2. The zero-order valence-electron chi connectivity index (χ0n) is 7.59. The summed E-state index contributed by atoms with van der Waals surface area (Å²) in [7, 11) is 0. The predicted octanol–water partition coefficient (Wildman–Crippen LogP) is 1.35. The topological polar surface area (TPSA) is 50.1 Å². The van der Waals surface area contributed by atoms with Crippen LogP contribution in [0.2, 0.25) is 0 Å². The van der Waals surface area contributed by atoms with E-state index in [2.05, 4.69) is 10.5 Å². The summed E-state index contributed by atoms with van der Waals surface area (Å²) in [4.78, 5) is 3.97. The highest BCUT2D eigenvalue weighted by molar-refractivity contribution is 5.34. The zero-order valence-corrected chi connectivity index (χ0v) is 7.59. The van der Waals surface area contributed by atoms with Gasteiger partial charge in [-0.25, -0.2) is 10.5 Å². The minimum Gasteiger partial charge on any atom is -0.316 e. The Labute approximate surface area is 81.8 Å². The molecule has 0 saturated carbocycles. The Morgan fingerprint density at radius 1 is 1.29 bits per heavy atom.